The van der Waals surface area contributed by atoms with Gasteiger partial charge in [0.15, 0.2) is 22.2 Å². The lowest BCUT2D eigenvalue weighted by Crippen LogP contribution is -2.37. The predicted molar refractivity (Wildman–Crippen MR) is 105 cm³/mol. The molecule has 1 aliphatic heterocycles. The third-order valence-corrected chi connectivity index (χ3v) is 4.84. The summed E-state index contributed by atoms with van der Waals surface area (Å²) in [5.41, 5.74) is 4.21. The monoisotopic (exact) mass is 387 g/mol. The molecule has 3 heterocycles. The lowest BCUT2D eigenvalue weighted by atomic mass is 10.1. The molecule has 0 radical (unpaired) electrons. The zero-order valence-electron chi connectivity index (χ0n) is 15.0. The lowest BCUT2D eigenvalue weighted by Gasteiger charge is -2.28. The minimum atomic E-state index is -2.48. The molecule has 1 saturated heterocycles. The van der Waals surface area contributed by atoms with Crippen molar-refractivity contribution in [3.05, 3.63) is 42.4 Å². The van der Waals surface area contributed by atoms with Crippen LogP contribution >= 0.6 is 0 Å². The van der Waals surface area contributed by atoms with Crippen molar-refractivity contribution in [1.29, 1.82) is 0 Å². The van der Waals surface area contributed by atoms with E-state index in [1.807, 2.05) is 48.0 Å². The molecule has 0 spiro atoms. The summed E-state index contributed by atoms with van der Waals surface area (Å²) in [7, 11) is -2.48. The number of rotatable bonds is 5. The van der Waals surface area contributed by atoms with Crippen molar-refractivity contribution in [2.45, 2.75) is 6.92 Å². The van der Waals surface area contributed by atoms with Crippen LogP contribution in [0.4, 0.5) is 11.5 Å². The molecule has 0 bridgehead atoms. The third-order valence-electron chi connectivity index (χ3n) is 4.42. The number of fused-ring (bicyclic) bond motifs is 1. The number of morpholine rings is 1. The Kier molecular flexibility index (Phi) is 4.95. The number of nitrogens with zero attached hydrogens (tertiary/aromatic N) is 4. The van der Waals surface area contributed by atoms with E-state index < -0.39 is 10.7 Å². The van der Waals surface area contributed by atoms with Crippen molar-refractivity contribution in [2.24, 2.45) is 0 Å². The lowest BCUT2D eigenvalue weighted by molar-refractivity contribution is 0.122. The van der Waals surface area contributed by atoms with Gasteiger partial charge < -0.3 is 19.4 Å². The third kappa shape index (κ3) is 3.88. The van der Waals surface area contributed by atoms with Gasteiger partial charge in [0.05, 0.1) is 24.6 Å². The number of imidazole rings is 1. The van der Waals surface area contributed by atoms with Crippen molar-refractivity contribution >= 4 is 27.9 Å². The van der Waals surface area contributed by atoms with Crippen LogP contribution in [0.3, 0.4) is 0 Å². The molecular weight excluding hydrogens is 366 g/mol. The van der Waals surface area contributed by atoms with Crippen LogP contribution in [-0.4, -0.2) is 55.0 Å². The van der Waals surface area contributed by atoms with Crippen LogP contribution in [0.5, 0.6) is 0 Å². The number of aromatic nitrogens is 3. The number of aryl methyl sites for hydroxylation is 1. The Balaban J connectivity index is 1.76. The van der Waals surface area contributed by atoms with E-state index in [0.717, 1.165) is 47.2 Å². The number of hydrogen-bond acceptors (Lipinski definition) is 7. The smallest absolute Gasteiger partial charge is 0.180 e. The normalized spacial score (nSPS) is 14.8. The van der Waals surface area contributed by atoms with Crippen LogP contribution in [0.25, 0.3) is 16.9 Å². The maximum Gasteiger partial charge on any atom is 0.180 e. The van der Waals surface area contributed by atoms with Gasteiger partial charge in [0.2, 0.25) is 0 Å². The van der Waals surface area contributed by atoms with Crippen LogP contribution in [0.15, 0.2) is 36.7 Å². The molecule has 0 atom stereocenters. The molecule has 0 unspecified atom stereocenters. The number of nitrogens with one attached hydrogen (secondary N) is 1. The molecule has 1 fully saturated rings. The van der Waals surface area contributed by atoms with E-state index in [4.69, 9.17) is 9.72 Å². The van der Waals surface area contributed by atoms with Crippen LogP contribution in [0.1, 0.15) is 5.69 Å². The second kappa shape index (κ2) is 7.53. The van der Waals surface area contributed by atoms with E-state index in [2.05, 4.69) is 15.2 Å². The highest BCUT2D eigenvalue weighted by Gasteiger charge is 2.19. The molecule has 1 aromatic carbocycles. The van der Waals surface area contributed by atoms with E-state index in [-0.39, 0.29) is 5.88 Å². The summed E-state index contributed by atoms with van der Waals surface area (Å²) < 4.78 is 29.1. The fourth-order valence-electron chi connectivity index (χ4n) is 3.18. The molecule has 4 rings (SSSR count). The molecule has 8 nitrogen and oxygen atoms in total. The zero-order chi connectivity index (χ0) is 18.8. The number of hydrogen-bond donors (Lipinski definition) is 2. The van der Waals surface area contributed by atoms with Gasteiger partial charge in [-0.3, -0.25) is 0 Å². The summed E-state index contributed by atoms with van der Waals surface area (Å²) in [4.78, 5) is 11.7. The van der Waals surface area contributed by atoms with Crippen LogP contribution in [0, 0.1) is 6.92 Å². The maximum atomic E-state index is 10.8. The van der Waals surface area contributed by atoms with Gasteiger partial charge in [-0.1, -0.05) is 12.1 Å². The molecular formula is C18H21N5O3S. The number of thiol groups is 1. The van der Waals surface area contributed by atoms with Gasteiger partial charge in [-0.2, -0.15) is 0 Å². The Morgan fingerprint density at radius 1 is 1.19 bits per heavy atom. The fraction of sp³-hybridized carbons (Fsp3) is 0.333. The van der Waals surface area contributed by atoms with Gasteiger partial charge in [-0.15, -0.1) is 0 Å². The largest absolute Gasteiger partial charge is 0.378 e. The first-order valence-corrected chi connectivity index (χ1v) is 10.1. The number of anilines is 2. The highest BCUT2D eigenvalue weighted by molar-refractivity contribution is 7.72. The van der Waals surface area contributed by atoms with E-state index >= 15 is 0 Å². The topological polar surface area (TPSA) is 88.8 Å². The molecule has 0 saturated carbocycles. The molecule has 27 heavy (non-hydrogen) atoms. The van der Waals surface area contributed by atoms with Crippen molar-refractivity contribution < 1.29 is 13.2 Å². The van der Waals surface area contributed by atoms with Crippen molar-refractivity contribution in [3.63, 3.8) is 0 Å². The molecule has 0 amide bonds. The first-order chi connectivity index (χ1) is 13.1. The average molecular weight is 387 g/mol. The van der Waals surface area contributed by atoms with Gasteiger partial charge in [0, 0.05) is 36.7 Å². The summed E-state index contributed by atoms with van der Waals surface area (Å²) >= 11 is 0. The summed E-state index contributed by atoms with van der Waals surface area (Å²) in [6.07, 6.45) is 3.93. The summed E-state index contributed by atoms with van der Waals surface area (Å²) in [6.45, 7) is 4.85. The summed E-state index contributed by atoms with van der Waals surface area (Å²) in [5.74, 6) is 0.746. The quantitative estimate of drug-likeness (QED) is 0.642. The van der Waals surface area contributed by atoms with E-state index in [1.165, 1.54) is 0 Å². The van der Waals surface area contributed by atoms with Gasteiger partial charge in [-0.05, 0) is 19.1 Å². The zero-order valence-corrected chi connectivity index (χ0v) is 15.9. The SMILES string of the molecule is Cc1cn2cc(-c3cccc(NC[SH](=O)=O)c3)nc(N3CCOCC3)c2n1. The molecule has 9 heteroatoms. The highest BCUT2D eigenvalue weighted by Crippen LogP contribution is 2.27. The van der Waals surface area contributed by atoms with E-state index in [9.17, 15) is 8.42 Å². The molecule has 3 aromatic rings. The minimum absolute atomic E-state index is 0.0923. The standard InChI is InChI=1S/C18H21N5O3S/c1-13-10-23-11-16(14-3-2-4-15(9-14)19-12-27(24)25)21-18(17(23)20-13)22-5-7-26-8-6-22/h2-4,9-11,19,27H,5-8,12H2,1H3. The first kappa shape index (κ1) is 17.7. The maximum absolute atomic E-state index is 10.8. The Labute approximate surface area is 158 Å². The average Bonchev–Trinajstić information content (AvgIpc) is 3.06. The predicted octanol–water partition coefficient (Wildman–Crippen LogP) is 1.52. The Hall–Kier alpha value is -2.65. The van der Waals surface area contributed by atoms with Crippen LogP contribution in [-0.2, 0) is 15.4 Å². The van der Waals surface area contributed by atoms with Gasteiger partial charge in [0.25, 0.3) is 0 Å². The number of ether oxygens (including phenoxy) is 1. The molecule has 0 aliphatic carbocycles. The van der Waals surface area contributed by atoms with Crippen molar-refractivity contribution in [3.8, 4) is 11.3 Å². The molecule has 1 N–H and O–H groups in total. The van der Waals surface area contributed by atoms with Gasteiger partial charge >= 0.3 is 0 Å². The summed E-state index contributed by atoms with van der Waals surface area (Å²) in [6, 6.07) is 7.59. The van der Waals surface area contributed by atoms with Gasteiger partial charge in [0.1, 0.15) is 5.88 Å². The summed E-state index contributed by atoms with van der Waals surface area (Å²) in [5, 5.41) is 2.90. The van der Waals surface area contributed by atoms with Crippen LogP contribution < -0.4 is 10.2 Å². The second-order valence-corrected chi connectivity index (χ2v) is 7.39. The number of benzene rings is 1. The van der Waals surface area contributed by atoms with E-state index in [1.54, 1.807) is 0 Å². The minimum Gasteiger partial charge on any atom is -0.378 e. The molecule has 2 aromatic heterocycles. The van der Waals surface area contributed by atoms with E-state index in [0.29, 0.717) is 13.2 Å². The highest BCUT2D eigenvalue weighted by atomic mass is 32.2. The molecule has 1 aliphatic rings. The Morgan fingerprint density at radius 2 is 2.00 bits per heavy atom. The Bertz CT molecular complexity index is 1030. The Morgan fingerprint density at radius 3 is 2.78 bits per heavy atom. The van der Waals surface area contributed by atoms with Crippen molar-refractivity contribution in [1.82, 2.24) is 14.4 Å². The first-order valence-electron chi connectivity index (χ1n) is 8.75. The van der Waals surface area contributed by atoms with Crippen molar-refractivity contribution in [2.75, 3.05) is 42.4 Å². The van der Waals surface area contributed by atoms with Gasteiger partial charge in [-0.25, -0.2) is 18.4 Å². The molecule has 142 valence electrons. The second-order valence-electron chi connectivity index (χ2n) is 6.41. The van der Waals surface area contributed by atoms with Crippen LogP contribution in [0.2, 0.25) is 0 Å². The fourth-order valence-corrected chi connectivity index (χ4v) is 3.49.